The predicted molar refractivity (Wildman–Crippen MR) is 58.5 cm³/mol. The molecule has 4 heteroatoms. The molecule has 0 radical (unpaired) electrons. The van der Waals surface area contributed by atoms with E-state index in [1.807, 2.05) is 13.8 Å². The molecule has 0 aliphatic carbocycles. The standard InChI is InChI=1S/C11H20N2O2/c1-9(2)12-11(15)7-13-5-3-10(8-14)4-6-13/h8-10H,3-7H2,1-2H3,(H,12,15). The molecule has 0 unspecified atom stereocenters. The molecule has 1 fully saturated rings. The van der Waals surface area contributed by atoms with Crippen molar-refractivity contribution in [3.63, 3.8) is 0 Å². The number of aldehydes is 1. The zero-order valence-corrected chi connectivity index (χ0v) is 9.53. The van der Waals surface area contributed by atoms with Crippen LogP contribution in [0, 0.1) is 5.92 Å². The first-order chi connectivity index (χ1) is 7.11. The van der Waals surface area contributed by atoms with E-state index >= 15 is 0 Å². The van der Waals surface area contributed by atoms with Crippen LogP contribution in [0.4, 0.5) is 0 Å². The van der Waals surface area contributed by atoms with E-state index in [1.54, 1.807) is 0 Å². The maximum Gasteiger partial charge on any atom is 0.234 e. The van der Waals surface area contributed by atoms with E-state index in [2.05, 4.69) is 10.2 Å². The van der Waals surface area contributed by atoms with Crippen LogP contribution in [-0.2, 0) is 9.59 Å². The molecule has 1 aliphatic heterocycles. The Labute approximate surface area is 91.0 Å². The molecule has 1 aliphatic rings. The molecule has 1 heterocycles. The second-order valence-corrected chi connectivity index (χ2v) is 4.47. The van der Waals surface area contributed by atoms with Crippen molar-refractivity contribution in [2.45, 2.75) is 32.7 Å². The van der Waals surface area contributed by atoms with Crippen LogP contribution < -0.4 is 5.32 Å². The molecule has 4 nitrogen and oxygen atoms in total. The minimum Gasteiger partial charge on any atom is -0.353 e. The minimum absolute atomic E-state index is 0.0783. The largest absolute Gasteiger partial charge is 0.353 e. The zero-order valence-electron chi connectivity index (χ0n) is 9.53. The van der Waals surface area contributed by atoms with E-state index in [1.165, 1.54) is 0 Å². The van der Waals surface area contributed by atoms with Crippen LogP contribution in [0.2, 0.25) is 0 Å². The number of hydrogen-bond donors (Lipinski definition) is 1. The van der Waals surface area contributed by atoms with Crippen LogP contribution >= 0.6 is 0 Å². The fourth-order valence-electron chi connectivity index (χ4n) is 1.82. The summed E-state index contributed by atoms with van der Waals surface area (Å²) in [5.74, 6) is 0.281. The number of hydrogen-bond acceptors (Lipinski definition) is 3. The summed E-state index contributed by atoms with van der Waals surface area (Å²) in [6, 6.07) is 0.199. The van der Waals surface area contributed by atoms with Crippen molar-refractivity contribution in [3.8, 4) is 0 Å². The molecule has 15 heavy (non-hydrogen) atoms. The molecule has 0 spiro atoms. The van der Waals surface area contributed by atoms with Crippen LogP contribution in [0.15, 0.2) is 0 Å². The number of nitrogens with one attached hydrogen (secondary N) is 1. The third-order valence-corrected chi connectivity index (χ3v) is 2.64. The van der Waals surface area contributed by atoms with Crippen molar-refractivity contribution >= 4 is 12.2 Å². The highest BCUT2D eigenvalue weighted by atomic mass is 16.2. The number of likely N-dealkylation sites (tertiary alicyclic amines) is 1. The number of amides is 1. The van der Waals surface area contributed by atoms with Crippen molar-refractivity contribution in [2.24, 2.45) is 5.92 Å². The number of rotatable bonds is 4. The molecule has 0 saturated carbocycles. The van der Waals surface area contributed by atoms with Crippen LogP contribution in [0.3, 0.4) is 0 Å². The molecule has 1 amide bonds. The molecule has 0 aromatic rings. The molecule has 1 saturated heterocycles. The summed E-state index contributed by atoms with van der Waals surface area (Å²) < 4.78 is 0. The van der Waals surface area contributed by atoms with Gasteiger partial charge in [-0.15, -0.1) is 0 Å². The van der Waals surface area contributed by atoms with Gasteiger partial charge >= 0.3 is 0 Å². The summed E-state index contributed by atoms with van der Waals surface area (Å²) in [5.41, 5.74) is 0. The molecule has 1 N–H and O–H groups in total. The molecule has 0 aromatic heterocycles. The normalized spacial score (nSPS) is 19.1. The van der Waals surface area contributed by atoms with Gasteiger partial charge in [-0.1, -0.05) is 0 Å². The van der Waals surface area contributed by atoms with Crippen LogP contribution in [0.5, 0.6) is 0 Å². The maximum absolute atomic E-state index is 11.5. The van der Waals surface area contributed by atoms with Gasteiger partial charge < -0.3 is 10.1 Å². The Balaban J connectivity index is 2.23. The lowest BCUT2D eigenvalue weighted by molar-refractivity contribution is -0.123. The summed E-state index contributed by atoms with van der Waals surface area (Å²) in [7, 11) is 0. The van der Waals surface area contributed by atoms with E-state index in [4.69, 9.17) is 0 Å². The van der Waals surface area contributed by atoms with Gasteiger partial charge in [0.15, 0.2) is 0 Å². The van der Waals surface area contributed by atoms with Crippen molar-refractivity contribution in [1.82, 2.24) is 10.2 Å². The smallest absolute Gasteiger partial charge is 0.234 e. The van der Waals surface area contributed by atoms with E-state index in [0.29, 0.717) is 6.54 Å². The predicted octanol–water partition coefficient (Wildman–Crippen LogP) is 0.422. The minimum atomic E-state index is 0.0783. The first-order valence-corrected chi connectivity index (χ1v) is 5.59. The van der Waals surface area contributed by atoms with Gasteiger partial charge in [0.05, 0.1) is 6.54 Å². The van der Waals surface area contributed by atoms with E-state index in [9.17, 15) is 9.59 Å². The maximum atomic E-state index is 11.5. The lowest BCUT2D eigenvalue weighted by atomic mass is 9.99. The van der Waals surface area contributed by atoms with Gasteiger partial charge in [-0.25, -0.2) is 0 Å². The van der Waals surface area contributed by atoms with Crippen LogP contribution in [-0.4, -0.2) is 42.8 Å². The van der Waals surface area contributed by atoms with Gasteiger partial charge in [0.2, 0.25) is 5.91 Å². The van der Waals surface area contributed by atoms with Gasteiger partial charge in [0.1, 0.15) is 6.29 Å². The van der Waals surface area contributed by atoms with Gasteiger partial charge in [-0.2, -0.15) is 0 Å². The van der Waals surface area contributed by atoms with Gasteiger partial charge in [0, 0.05) is 12.0 Å². The molecular weight excluding hydrogens is 192 g/mol. The molecular formula is C11H20N2O2. The monoisotopic (exact) mass is 212 g/mol. The first-order valence-electron chi connectivity index (χ1n) is 5.59. The SMILES string of the molecule is CC(C)NC(=O)CN1CCC(C=O)CC1. The van der Waals surface area contributed by atoms with Crippen molar-refractivity contribution in [2.75, 3.05) is 19.6 Å². The average Bonchev–Trinajstić information content (AvgIpc) is 2.17. The fraction of sp³-hybridized carbons (Fsp3) is 0.818. The second kappa shape index (κ2) is 5.85. The summed E-state index contributed by atoms with van der Waals surface area (Å²) in [5, 5.41) is 2.87. The number of carbonyl (C=O) groups is 2. The molecule has 0 aromatic carbocycles. The lowest BCUT2D eigenvalue weighted by Gasteiger charge is -2.29. The first kappa shape index (κ1) is 12.2. The summed E-state index contributed by atoms with van der Waals surface area (Å²) in [4.78, 5) is 24.1. The van der Waals surface area contributed by atoms with Crippen LogP contribution in [0.1, 0.15) is 26.7 Å². The second-order valence-electron chi connectivity index (χ2n) is 4.47. The van der Waals surface area contributed by atoms with Crippen LogP contribution in [0.25, 0.3) is 0 Å². The number of piperidine rings is 1. The Bertz CT molecular complexity index is 221. The highest BCUT2D eigenvalue weighted by Gasteiger charge is 2.20. The molecule has 86 valence electrons. The average molecular weight is 212 g/mol. The van der Waals surface area contributed by atoms with E-state index in [0.717, 1.165) is 32.2 Å². The third-order valence-electron chi connectivity index (χ3n) is 2.64. The summed E-state index contributed by atoms with van der Waals surface area (Å²) >= 11 is 0. The Morgan fingerprint density at radius 3 is 2.53 bits per heavy atom. The molecule has 0 bridgehead atoms. The Morgan fingerprint density at radius 2 is 2.07 bits per heavy atom. The van der Waals surface area contributed by atoms with Gasteiger partial charge in [-0.3, -0.25) is 9.69 Å². The number of nitrogens with zero attached hydrogens (tertiary/aromatic N) is 1. The number of carbonyl (C=O) groups excluding carboxylic acids is 2. The summed E-state index contributed by atoms with van der Waals surface area (Å²) in [6.45, 7) is 6.08. The van der Waals surface area contributed by atoms with Crippen molar-refractivity contribution in [3.05, 3.63) is 0 Å². The highest BCUT2D eigenvalue weighted by Crippen LogP contribution is 2.14. The Kier molecular flexibility index (Phi) is 4.75. The highest BCUT2D eigenvalue weighted by molar-refractivity contribution is 5.78. The van der Waals surface area contributed by atoms with E-state index in [-0.39, 0.29) is 17.9 Å². The fourth-order valence-corrected chi connectivity index (χ4v) is 1.82. The quantitative estimate of drug-likeness (QED) is 0.687. The van der Waals surface area contributed by atoms with Crippen molar-refractivity contribution < 1.29 is 9.59 Å². The Morgan fingerprint density at radius 1 is 1.47 bits per heavy atom. The Hall–Kier alpha value is -0.900. The van der Waals surface area contributed by atoms with Gasteiger partial charge in [0.25, 0.3) is 0 Å². The lowest BCUT2D eigenvalue weighted by Crippen LogP contribution is -2.43. The van der Waals surface area contributed by atoms with Crippen molar-refractivity contribution in [1.29, 1.82) is 0 Å². The van der Waals surface area contributed by atoms with Gasteiger partial charge in [-0.05, 0) is 39.8 Å². The molecule has 0 atom stereocenters. The zero-order chi connectivity index (χ0) is 11.3. The molecule has 1 rings (SSSR count). The third kappa shape index (κ3) is 4.42. The summed E-state index contributed by atoms with van der Waals surface area (Å²) in [6.07, 6.45) is 2.81. The van der Waals surface area contributed by atoms with E-state index < -0.39 is 0 Å². The topological polar surface area (TPSA) is 49.4 Å².